The number of anilines is 1. The lowest BCUT2D eigenvalue weighted by Gasteiger charge is -2.24. The topological polar surface area (TPSA) is 42.3 Å². The highest BCUT2D eigenvalue weighted by Gasteiger charge is 2.34. The van der Waals surface area contributed by atoms with Crippen molar-refractivity contribution in [1.29, 1.82) is 0 Å². The number of nitrogens with zero attached hydrogens (tertiary/aromatic N) is 2. The van der Waals surface area contributed by atoms with Crippen molar-refractivity contribution in [3.63, 3.8) is 0 Å². The third kappa shape index (κ3) is 2.95. The summed E-state index contributed by atoms with van der Waals surface area (Å²) in [6.45, 7) is 0. The molecule has 1 aromatic heterocycles. The van der Waals surface area contributed by atoms with Crippen molar-refractivity contribution in [1.82, 2.24) is 4.57 Å². The molecule has 0 amide bonds. The van der Waals surface area contributed by atoms with E-state index in [0.717, 1.165) is 5.69 Å². The zero-order valence-corrected chi connectivity index (χ0v) is 16.8. The van der Waals surface area contributed by atoms with Crippen LogP contribution in [0, 0.1) is 0 Å². The zero-order chi connectivity index (χ0) is 20.0. The summed E-state index contributed by atoms with van der Waals surface area (Å²) in [6, 6.07) is 14.5. The average molecular weight is 411 g/mol. The van der Waals surface area contributed by atoms with Gasteiger partial charge in [-0.1, -0.05) is 41.4 Å². The highest BCUT2D eigenvalue weighted by molar-refractivity contribution is 6.37. The van der Waals surface area contributed by atoms with Gasteiger partial charge in [-0.15, -0.1) is 0 Å². The molecule has 0 saturated heterocycles. The number of hydrogen-bond acceptors (Lipinski definition) is 3. The van der Waals surface area contributed by atoms with Gasteiger partial charge in [0.05, 0.1) is 27.5 Å². The van der Waals surface area contributed by atoms with Crippen molar-refractivity contribution in [2.75, 3.05) is 11.9 Å². The normalized spacial score (nSPS) is 13.4. The van der Waals surface area contributed by atoms with Gasteiger partial charge in [-0.05, 0) is 30.3 Å². The van der Waals surface area contributed by atoms with E-state index in [1.807, 2.05) is 30.3 Å². The quantitative estimate of drug-likeness (QED) is 0.580. The molecule has 4 rings (SSSR count). The number of likely N-dealkylation sites (N-methyl/N-ethyl adjacent to an activating group) is 1. The molecule has 1 heterocycles. The minimum absolute atomic E-state index is 0.209. The molecular weight excluding hydrogens is 395 g/mol. The summed E-state index contributed by atoms with van der Waals surface area (Å²) in [5.74, 6) is -0.429. The number of Topliss-reactive ketones (excluding diaryl/α,β-unsaturated/α-hetero) is 1. The number of hydrogen-bond donors (Lipinski definition) is 0. The van der Waals surface area contributed by atoms with Gasteiger partial charge in [-0.2, -0.15) is 0 Å². The van der Waals surface area contributed by atoms with E-state index < -0.39 is 0 Å². The van der Waals surface area contributed by atoms with Crippen LogP contribution in [-0.2, 0) is 7.05 Å². The van der Waals surface area contributed by atoms with E-state index in [9.17, 15) is 9.59 Å². The molecule has 0 atom stereocenters. The maximum absolute atomic E-state index is 13.4. The molecule has 0 unspecified atom stereocenters. The molecule has 0 fully saturated rings. The molecule has 2 aromatic carbocycles. The fraction of sp³-hybridized carbons (Fsp3) is 0.0909. The minimum Gasteiger partial charge on any atom is -0.349 e. The zero-order valence-electron chi connectivity index (χ0n) is 15.2. The third-order valence-corrected chi connectivity index (χ3v) is 5.41. The van der Waals surface area contributed by atoms with Crippen molar-refractivity contribution in [3.8, 4) is 11.3 Å². The van der Waals surface area contributed by atoms with Gasteiger partial charge in [0.1, 0.15) is 0 Å². The molecule has 0 N–H and O–H groups in total. The van der Waals surface area contributed by atoms with E-state index in [2.05, 4.69) is 0 Å². The Morgan fingerprint density at radius 3 is 2.36 bits per heavy atom. The lowest BCUT2D eigenvalue weighted by atomic mass is 9.92. The highest BCUT2D eigenvalue weighted by atomic mass is 35.5. The fourth-order valence-corrected chi connectivity index (χ4v) is 3.98. The molecule has 0 spiro atoms. The standard InChI is InChI=1S/C22H16Cl2N2O2/c1-25-12-16-19(27)11-18(26(2)14-6-4-3-5-7-14)22(28)20(16)21(25)15-9-8-13(23)10-17(15)24/h3-12H,1-2H3. The van der Waals surface area contributed by atoms with Crippen LogP contribution < -0.4 is 4.90 Å². The summed E-state index contributed by atoms with van der Waals surface area (Å²) in [7, 11) is 3.56. The molecule has 0 saturated carbocycles. The van der Waals surface area contributed by atoms with Crippen LogP contribution in [0.4, 0.5) is 5.69 Å². The Balaban J connectivity index is 1.87. The molecule has 3 aromatic rings. The maximum Gasteiger partial charge on any atom is 0.212 e. The maximum atomic E-state index is 13.4. The number of carbonyl (C=O) groups is 2. The van der Waals surface area contributed by atoms with Gasteiger partial charge in [-0.3, -0.25) is 9.59 Å². The van der Waals surface area contributed by atoms with Crippen LogP contribution in [0.5, 0.6) is 0 Å². The largest absolute Gasteiger partial charge is 0.349 e. The van der Waals surface area contributed by atoms with Gasteiger partial charge in [0.15, 0.2) is 5.78 Å². The van der Waals surface area contributed by atoms with Crippen molar-refractivity contribution >= 4 is 40.5 Å². The highest BCUT2D eigenvalue weighted by Crippen LogP contribution is 2.38. The first kappa shape index (κ1) is 18.5. The Hall–Kier alpha value is -2.82. The SMILES string of the molecule is CN(C1=CC(=O)c2cn(C)c(-c3ccc(Cl)cc3Cl)c2C1=O)c1ccccc1. The van der Waals surface area contributed by atoms with Gasteiger partial charge in [0.25, 0.3) is 0 Å². The van der Waals surface area contributed by atoms with Crippen LogP contribution in [0.15, 0.2) is 66.5 Å². The van der Waals surface area contributed by atoms with Crippen LogP contribution in [0.2, 0.25) is 10.0 Å². The first-order valence-electron chi connectivity index (χ1n) is 8.62. The molecule has 4 nitrogen and oxygen atoms in total. The van der Waals surface area contributed by atoms with Crippen LogP contribution in [-0.4, -0.2) is 23.2 Å². The Morgan fingerprint density at radius 1 is 0.964 bits per heavy atom. The first-order chi connectivity index (χ1) is 13.4. The van der Waals surface area contributed by atoms with E-state index in [4.69, 9.17) is 23.2 Å². The van der Waals surface area contributed by atoms with Gasteiger partial charge in [0, 0.05) is 42.6 Å². The monoisotopic (exact) mass is 410 g/mol. The summed E-state index contributed by atoms with van der Waals surface area (Å²) in [5.41, 5.74) is 3.12. The van der Waals surface area contributed by atoms with Gasteiger partial charge < -0.3 is 9.47 Å². The Morgan fingerprint density at radius 2 is 1.68 bits per heavy atom. The molecule has 1 aliphatic rings. The molecular formula is C22H16Cl2N2O2. The Labute approximate surface area is 172 Å². The van der Waals surface area contributed by atoms with Crippen LogP contribution in [0.1, 0.15) is 20.7 Å². The van der Waals surface area contributed by atoms with Gasteiger partial charge in [-0.25, -0.2) is 0 Å². The molecule has 0 radical (unpaired) electrons. The predicted molar refractivity (Wildman–Crippen MR) is 112 cm³/mol. The molecule has 0 bridgehead atoms. The second-order valence-electron chi connectivity index (χ2n) is 6.62. The van der Waals surface area contributed by atoms with Crippen LogP contribution in [0.25, 0.3) is 11.3 Å². The van der Waals surface area contributed by atoms with E-state index in [-0.39, 0.29) is 11.6 Å². The number of allylic oxidation sites excluding steroid dienone is 2. The van der Waals surface area contributed by atoms with Crippen molar-refractivity contribution < 1.29 is 9.59 Å². The molecule has 1 aliphatic carbocycles. The van der Waals surface area contributed by atoms with E-state index in [1.54, 1.807) is 48.0 Å². The number of aromatic nitrogens is 1. The lowest BCUT2D eigenvalue weighted by molar-refractivity contribution is 0.0984. The second-order valence-corrected chi connectivity index (χ2v) is 7.46. The van der Waals surface area contributed by atoms with E-state index in [0.29, 0.717) is 38.1 Å². The van der Waals surface area contributed by atoms with Crippen molar-refractivity contribution in [2.24, 2.45) is 7.05 Å². The summed E-state index contributed by atoms with van der Waals surface area (Å²) in [5, 5.41) is 0.924. The van der Waals surface area contributed by atoms with Gasteiger partial charge >= 0.3 is 0 Å². The average Bonchev–Trinajstić information content (AvgIpc) is 3.03. The number of benzene rings is 2. The Kier molecular flexibility index (Phi) is 4.61. The summed E-state index contributed by atoms with van der Waals surface area (Å²) in [4.78, 5) is 27.9. The number of aryl methyl sites for hydroxylation is 1. The van der Waals surface area contributed by atoms with Gasteiger partial charge in [0.2, 0.25) is 5.78 Å². The molecule has 0 aliphatic heterocycles. The third-order valence-electron chi connectivity index (χ3n) is 4.87. The van der Waals surface area contributed by atoms with Crippen LogP contribution >= 0.6 is 23.2 Å². The number of para-hydroxylation sites is 1. The van der Waals surface area contributed by atoms with E-state index in [1.165, 1.54) is 6.08 Å². The first-order valence-corrected chi connectivity index (χ1v) is 9.38. The summed E-state index contributed by atoms with van der Waals surface area (Å²) >= 11 is 12.4. The van der Waals surface area contributed by atoms with Crippen LogP contribution in [0.3, 0.4) is 0 Å². The second kappa shape index (κ2) is 6.97. The molecule has 28 heavy (non-hydrogen) atoms. The number of fused-ring (bicyclic) bond motifs is 1. The van der Waals surface area contributed by atoms with E-state index >= 15 is 0 Å². The van der Waals surface area contributed by atoms with Crippen molar-refractivity contribution in [3.05, 3.63) is 87.7 Å². The molecule has 6 heteroatoms. The molecule has 140 valence electrons. The fourth-order valence-electron chi connectivity index (χ4n) is 3.48. The Bertz CT molecular complexity index is 1150. The lowest BCUT2D eigenvalue weighted by Crippen LogP contribution is -2.28. The predicted octanol–water partition coefficient (Wildman–Crippen LogP) is 5.40. The number of rotatable bonds is 3. The summed E-state index contributed by atoms with van der Waals surface area (Å²) < 4.78 is 1.76. The minimum atomic E-state index is -0.220. The smallest absolute Gasteiger partial charge is 0.212 e. The number of halogens is 2. The number of ketones is 2. The number of carbonyl (C=O) groups excluding carboxylic acids is 2. The van der Waals surface area contributed by atoms with Crippen molar-refractivity contribution in [2.45, 2.75) is 0 Å². The summed E-state index contributed by atoms with van der Waals surface area (Å²) in [6.07, 6.45) is 3.07.